The average Bonchev–Trinajstić information content (AvgIpc) is 2.17. The highest BCUT2D eigenvalue weighted by molar-refractivity contribution is 4.92. The fourth-order valence-electron chi connectivity index (χ4n) is 0.724. The summed E-state index contributed by atoms with van der Waals surface area (Å²) in [5.74, 6) is 0. The minimum atomic E-state index is -0.0324. The lowest BCUT2D eigenvalue weighted by molar-refractivity contribution is 0.231. The molecule has 0 unspecified atom stereocenters. The third-order valence-electron chi connectivity index (χ3n) is 1.39. The van der Waals surface area contributed by atoms with Gasteiger partial charge in [-0.1, -0.05) is 0 Å². The Balaban J connectivity index is 2.20. The lowest BCUT2D eigenvalue weighted by Gasteiger charge is -2.04. The Morgan fingerprint density at radius 3 is 2.00 bits per heavy atom. The molecule has 1 fully saturated rings. The van der Waals surface area contributed by atoms with Crippen LogP contribution in [0, 0.1) is 0 Å². The Kier molecular flexibility index (Phi) is 1.05. The standard InChI is InChI=1S/C5H11NO/c1-6(2)4-3-5(4)7/h4-5,7H,3H2,1-2H3/t4-,5+/m1/s1. The minimum Gasteiger partial charge on any atom is -0.391 e. The molecule has 0 radical (unpaired) electrons. The van der Waals surface area contributed by atoms with Gasteiger partial charge in [0.05, 0.1) is 6.10 Å². The predicted octanol–water partition coefficient (Wildman–Crippen LogP) is -0.319. The maximum Gasteiger partial charge on any atom is 0.0712 e. The first-order valence-corrected chi connectivity index (χ1v) is 2.56. The predicted molar refractivity (Wildman–Crippen MR) is 28.1 cm³/mol. The highest BCUT2D eigenvalue weighted by Crippen LogP contribution is 2.24. The van der Waals surface area contributed by atoms with Crippen LogP contribution in [0.3, 0.4) is 0 Å². The SMILES string of the molecule is CN(C)[C@@H]1C[C@@H]1O. The van der Waals surface area contributed by atoms with E-state index in [4.69, 9.17) is 5.11 Å². The number of hydrogen-bond acceptors (Lipinski definition) is 2. The van der Waals surface area contributed by atoms with Crippen molar-refractivity contribution in [1.82, 2.24) is 4.90 Å². The molecule has 2 nitrogen and oxygen atoms in total. The van der Waals surface area contributed by atoms with E-state index >= 15 is 0 Å². The van der Waals surface area contributed by atoms with E-state index in [9.17, 15) is 0 Å². The van der Waals surface area contributed by atoms with E-state index in [0.29, 0.717) is 6.04 Å². The van der Waals surface area contributed by atoms with E-state index in [1.54, 1.807) is 0 Å². The van der Waals surface area contributed by atoms with Crippen molar-refractivity contribution in [2.24, 2.45) is 0 Å². The number of nitrogens with zero attached hydrogens (tertiary/aromatic N) is 1. The highest BCUT2D eigenvalue weighted by Gasteiger charge is 2.36. The van der Waals surface area contributed by atoms with E-state index in [1.165, 1.54) is 0 Å². The van der Waals surface area contributed by atoms with Crippen LogP contribution in [-0.2, 0) is 0 Å². The Hall–Kier alpha value is -0.0800. The van der Waals surface area contributed by atoms with Gasteiger partial charge in [0, 0.05) is 6.04 Å². The van der Waals surface area contributed by atoms with Crippen LogP contribution in [0.5, 0.6) is 0 Å². The quantitative estimate of drug-likeness (QED) is 0.489. The molecule has 1 aliphatic rings. The van der Waals surface area contributed by atoms with Crippen molar-refractivity contribution in [1.29, 1.82) is 0 Å². The van der Waals surface area contributed by atoms with Crippen LogP contribution in [0.2, 0.25) is 0 Å². The normalized spacial score (nSPS) is 39.4. The molecule has 42 valence electrons. The molecule has 1 aliphatic carbocycles. The van der Waals surface area contributed by atoms with Crippen molar-refractivity contribution in [3.63, 3.8) is 0 Å². The zero-order valence-corrected chi connectivity index (χ0v) is 4.76. The molecular weight excluding hydrogens is 90.1 g/mol. The zero-order valence-electron chi connectivity index (χ0n) is 4.76. The molecule has 0 heterocycles. The van der Waals surface area contributed by atoms with Gasteiger partial charge in [0.15, 0.2) is 0 Å². The van der Waals surface area contributed by atoms with Crippen LogP contribution in [0.4, 0.5) is 0 Å². The van der Waals surface area contributed by atoms with E-state index < -0.39 is 0 Å². The molecule has 0 amide bonds. The van der Waals surface area contributed by atoms with E-state index in [0.717, 1.165) is 6.42 Å². The molecule has 0 bridgehead atoms. The molecule has 1 saturated carbocycles. The molecule has 1 rings (SSSR count). The van der Waals surface area contributed by atoms with Gasteiger partial charge in [0.25, 0.3) is 0 Å². The van der Waals surface area contributed by atoms with Crippen molar-refractivity contribution >= 4 is 0 Å². The summed E-state index contributed by atoms with van der Waals surface area (Å²) in [6.07, 6.45) is 0.933. The van der Waals surface area contributed by atoms with Gasteiger partial charge >= 0.3 is 0 Å². The van der Waals surface area contributed by atoms with Gasteiger partial charge in [-0.15, -0.1) is 0 Å². The Bertz CT molecular complexity index is 72.5. The first-order valence-electron chi connectivity index (χ1n) is 2.56. The topological polar surface area (TPSA) is 23.5 Å². The van der Waals surface area contributed by atoms with Crippen molar-refractivity contribution in [2.75, 3.05) is 14.1 Å². The molecule has 2 atom stereocenters. The van der Waals surface area contributed by atoms with Gasteiger partial charge in [-0.2, -0.15) is 0 Å². The number of rotatable bonds is 1. The number of likely N-dealkylation sites (N-methyl/N-ethyl adjacent to an activating group) is 1. The van der Waals surface area contributed by atoms with Gasteiger partial charge in [-0.25, -0.2) is 0 Å². The fourth-order valence-corrected chi connectivity index (χ4v) is 0.724. The van der Waals surface area contributed by atoms with Crippen molar-refractivity contribution in [3.8, 4) is 0 Å². The van der Waals surface area contributed by atoms with Gasteiger partial charge in [-0.3, -0.25) is 0 Å². The third-order valence-corrected chi connectivity index (χ3v) is 1.39. The fraction of sp³-hybridized carbons (Fsp3) is 1.00. The number of aliphatic hydroxyl groups excluding tert-OH is 1. The second kappa shape index (κ2) is 1.46. The Morgan fingerprint density at radius 1 is 1.57 bits per heavy atom. The van der Waals surface area contributed by atoms with E-state index in [1.807, 2.05) is 19.0 Å². The second-order valence-corrected chi connectivity index (χ2v) is 2.33. The van der Waals surface area contributed by atoms with Crippen molar-refractivity contribution < 1.29 is 5.11 Å². The zero-order chi connectivity index (χ0) is 5.44. The Morgan fingerprint density at radius 2 is 2.00 bits per heavy atom. The van der Waals surface area contributed by atoms with Gasteiger partial charge in [0.1, 0.15) is 0 Å². The van der Waals surface area contributed by atoms with Crippen molar-refractivity contribution in [3.05, 3.63) is 0 Å². The van der Waals surface area contributed by atoms with E-state index in [2.05, 4.69) is 0 Å². The van der Waals surface area contributed by atoms with Crippen LogP contribution in [-0.4, -0.2) is 36.2 Å². The summed E-state index contributed by atoms with van der Waals surface area (Å²) in [4.78, 5) is 2.05. The smallest absolute Gasteiger partial charge is 0.0712 e. The molecule has 2 heteroatoms. The molecule has 0 saturated heterocycles. The summed E-state index contributed by atoms with van der Waals surface area (Å²) >= 11 is 0. The van der Waals surface area contributed by atoms with Crippen LogP contribution in [0.1, 0.15) is 6.42 Å². The number of hydrogen-bond donors (Lipinski definition) is 1. The summed E-state index contributed by atoms with van der Waals surface area (Å²) in [6.45, 7) is 0. The average molecular weight is 101 g/mol. The first-order chi connectivity index (χ1) is 3.22. The molecule has 0 aromatic heterocycles. The summed E-state index contributed by atoms with van der Waals surface area (Å²) < 4.78 is 0. The Labute approximate surface area is 43.7 Å². The maximum absolute atomic E-state index is 8.76. The largest absolute Gasteiger partial charge is 0.391 e. The molecule has 7 heavy (non-hydrogen) atoms. The van der Waals surface area contributed by atoms with Gasteiger partial charge in [0.2, 0.25) is 0 Å². The molecule has 0 spiro atoms. The van der Waals surface area contributed by atoms with Crippen LogP contribution in [0.25, 0.3) is 0 Å². The van der Waals surface area contributed by atoms with Crippen LogP contribution >= 0.6 is 0 Å². The summed E-state index contributed by atoms with van der Waals surface area (Å²) in [5, 5.41) is 8.76. The molecule has 0 aromatic carbocycles. The summed E-state index contributed by atoms with van der Waals surface area (Å²) in [5.41, 5.74) is 0. The van der Waals surface area contributed by atoms with Gasteiger partial charge in [-0.05, 0) is 20.5 Å². The van der Waals surface area contributed by atoms with Crippen molar-refractivity contribution in [2.45, 2.75) is 18.6 Å². The number of aliphatic hydroxyl groups is 1. The second-order valence-electron chi connectivity index (χ2n) is 2.33. The lowest BCUT2D eigenvalue weighted by Crippen LogP contribution is -2.17. The maximum atomic E-state index is 8.76. The van der Waals surface area contributed by atoms with Crippen LogP contribution in [0.15, 0.2) is 0 Å². The minimum absolute atomic E-state index is 0.0324. The van der Waals surface area contributed by atoms with Crippen LogP contribution < -0.4 is 0 Å². The monoisotopic (exact) mass is 101 g/mol. The highest BCUT2D eigenvalue weighted by atomic mass is 16.3. The lowest BCUT2D eigenvalue weighted by atomic mass is 10.6. The van der Waals surface area contributed by atoms with Gasteiger partial charge < -0.3 is 10.0 Å². The summed E-state index contributed by atoms with van der Waals surface area (Å²) in [6, 6.07) is 0.458. The third kappa shape index (κ3) is 0.924. The first kappa shape index (κ1) is 5.06. The molecule has 1 N–H and O–H groups in total. The molecule has 0 aliphatic heterocycles. The molecule has 0 aromatic rings. The molecular formula is C5H11NO. The van der Waals surface area contributed by atoms with E-state index in [-0.39, 0.29) is 6.10 Å². The summed E-state index contributed by atoms with van der Waals surface area (Å²) in [7, 11) is 3.97.